The Balaban J connectivity index is 1.41. The van der Waals surface area contributed by atoms with Crippen LogP contribution >= 0.6 is 0 Å². The molecule has 182 valence electrons. The van der Waals surface area contributed by atoms with Crippen molar-refractivity contribution < 1.29 is 14.3 Å². The summed E-state index contributed by atoms with van der Waals surface area (Å²) in [5.41, 5.74) is 9.88. The Bertz CT molecular complexity index is 1160. The second-order valence-corrected chi connectivity index (χ2v) is 8.64. The molecule has 1 saturated heterocycles. The SMILES string of the molecule is CCOC(=O)C1CCN(Cc2nc(-c3cccc(C(=O)NCc4ccccc4)c3)cnc2N)CC1. The van der Waals surface area contributed by atoms with Gasteiger partial charge in [-0.3, -0.25) is 14.5 Å². The number of nitrogens with two attached hydrogens (primary N) is 1. The molecule has 0 atom stereocenters. The minimum Gasteiger partial charge on any atom is -0.466 e. The van der Waals surface area contributed by atoms with Crippen LogP contribution in [0.4, 0.5) is 5.82 Å². The number of hydrogen-bond donors (Lipinski definition) is 2. The average molecular weight is 474 g/mol. The van der Waals surface area contributed by atoms with Crippen molar-refractivity contribution in [1.82, 2.24) is 20.2 Å². The van der Waals surface area contributed by atoms with E-state index >= 15 is 0 Å². The van der Waals surface area contributed by atoms with Crippen LogP contribution in [0.5, 0.6) is 0 Å². The molecule has 2 aromatic carbocycles. The maximum Gasteiger partial charge on any atom is 0.309 e. The number of likely N-dealkylation sites (tertiary alicyclic amines) is 1. The molecular weight excluding hydrogens is 442 g/mol. The molecule has 0 bridgehead atoms. The predicted octanol–water partition coefficient (Wildman–Crippen LogP) is 3.43. The molecule has 0 saturated carbocycles. The molecule has 1 aliphatic rings. The van der Waals surface area contributed by atoms with Gasteiger partial charge in [0.1, 0.15) is 5.82 Å². The van der Waals surface area contributed by atoms with Gasteiger partial charge in [0, 0.05) is 24.2 Å². The number of rotatable bonds is 8. The Morgan fingerprint density at radius 1 is 1.11 bits per heavy atom. The fourth-order valence-corrected chi connectivity index (χ4v) is 4.19. The van der Waals surface area contributed by atoms with E-state index in [1.165, 1.54) is 0 Å². The second kappa shape index (κ2) is 11.6. The van der Waals surface area contributed by atoms with Gasteiger partial charge in [0.05, 0.1) is 30.1 Å². The van der Waals surface area contributed by atoms with Gasteiger partial charge in [-0.15, -0.1) is 0 Å². The summed E-state index contributed by atoms with van der Waals surface area (Å²) >= 11 is 0. The summed E-state index contributed by atoms with van der Waals surface area (Å²) in [6, 6.07) is 17.1. The van der Waals surface area contributed by atoms with E-state index in [0.717, 1.165) is 37.1 Å². The van der Waals surface area contributed by atoms with Gasteiger partial charge in [0.2, 0.25) is 0 Å². The first-order chi connectivity index (χ1) is 17.0. The van der Waals surface area contributed by atoms with Crippen molar-refractivity contribution in [2.24, 2.45) is 5.92 Å². The fourth-order valence-electron chi connectivity index (χ4n) is 4.19. The van der Waals surface area contributed by atoms with E-state index < -0.39 is 0 Å². The highest BCUT2D eigenvalue weighted by Crippen LogP contribution is 2.23. The van der Waals surface area contributed by atoms with E-state index in [9.17, 15) is 9.59 Å². The number of carbonyl (C=O) groups is 2. The zero-order chi connectivity index (χ0) is 24.6. The number of carbonyl (C=O) groups excluding carboxylic acids is 2. The molecule has 2 heterocycles. The number of benzene rings is 2. The number of piperidine rings is 1. The third-order valence-electron chi connectivity index (χ3n) is 6.17. The summed E-state index contributed by atoms with van der Waals surface area (Å²) in [6.07, 6.45) is 3.14. The summed E-state index contributed by atoms with van der Waals surface area (Å²) in [6.45, 7) is 4.79. The van der Waals surface area contributed by atoms with Crippen molar-refractivity contribution in [3.8, 4) is 11.3 Å². The van der Waals surface area contributed by atoms with Crippen LogP contribution in [-0.2, 0) is 22.6 Å². The molecular formula is C27H31N5O3. The lowest BCUT2D eigenvalue weighted by atomic mass is 9.97. The first-order valence-corrected chi connectivity index (χ1v) is 12.0. The third-order valence-corrected chi connectivity index (χ3v) is 6.17. The number of nitrogens with one attached hydrogen (secondary N) is 1. The van der Waals surface area contributed by atoms with Crippen LogP contribution in [0, 0.1) is 5.92 Å². The van der Waals surface area contributed by atoms with Gasteiger partial charge < -0.3 is 15.8 Å². The molecule has 3 aromatic rings. The van der Waals surface area contributed by atoms with Crippen LogP contribution in [-0.4, -0.2) is 46.4 Å². The van der Waals surface area contributed by atoms with Crippen molar-refractivity contribution in [2.75, 3.05) is 25.4 Å². The number of aromatic nitrogens is 2. The summed E-state index contributed by atoms with van der Waals surface area (Å²) < 4.78 is 5.15. The number of nitrogen functional groups attached to an aromatic ring is 1. The molecule has 4 rings (SSSR count). The lowest BCUT2D eigenvalue weighted by Crippen LogP contribution is -2.37. The monoisotopic (exact) mass is 473 g/mol. The van der Waals surface area contributed by atoms with Crippen molar-refractivity contribution >= 4 is 17.7 Å². The second-order valence-electron chi connectivity index (χ2n) is 8.64. The summed E-state index contributed by atoms with van der Waals surface area (Å²) in [4.78, 5) is 36.0. The highest BCUT2D eigenvalue weighted by Gasteiger charge is 2.26. The highest BCUT2D eigenvalue weighted by atomic mass is 16.5. The van der Waals surface area contributed by atoms with Gasteiger partial charge in [-0.2, -0.15) is 0 Å². The van der Waals surface area contributed by atoms with Crippen LogP contribution in [0.25, 0.3) is 11.3 Å². The number of ether oxygens (including phenoxy) is 1. The zero-order valence-corrected chi connectivity index (χ0v) is 19.9. The van der Waals surface area contributed by atoms with Gasteiger partial charge in [-0.1, -0.05) is 42.5 Å². The maximum atomic E-state index is 12.7. The average Bonchev–Trinajstić information content (AvgIpc) is 2.90. The Kier molecular flexibility index (Phi) is 8.05. The van der Waals surface area contributed by atoms with Crippen LogP contribution in [0.3, 0.4) is 0 Å². The molecule has 1 amide bonds. The third kappa shape index (κ3) is 6.42. The van der Waals surface area contributed by atoms with Gasteiger partial charge >= 0.3 is 5.97 Å². The Labute approximate surface area is 205 Å². The predicted molar refractivity (Wildman–Crippen MR) is 134 cm³/mol. The Morgan fingerprint density at radius 3 is 2.63 bits per heavy atom. The molecule has 1 fully saturated rings. The molecule has 8 nitrogen and oxygen atoms in total. The molecule has 1 aromatic heterocycles. The van der Waals surface area contributed by atoms with Crippen LogP contribution < -0.4 is 11.1 Å². The molecule has 35 heavy (non-hydrogen) atoms. The van der Waals surface area contributed by atoms with E-state index in [2.05, 4.69) is 15.2 Å². The smallest absolute Gasteiger partial charge is 0.309 e. The van der Waals surface area contributed by atoms with E-state index in [-0.39, 0.29) is 17.8 Å². The summed E-state index contributed by atoms with van der Waals surface area (Å²) in [5.74, 6) is 0.0831. The number of anilines is 1. The van der Waals surface area contributed by atoms with Gasteiger partial charge in [-0.25, -0.2) is 9.97 Å². The van der Waals surface area contributed by atoms with Crippen LogP contribution in [0.1, 0.15) is 41.4 Å². The minimum atomic E-state index is -0.149. The first kappa shape index (κ1) is 24.3. The van der Waals surface area contributed by atoms with Crippen molar-refractivity contribution in [1.29, 1.82) is 0 Å². The highest BCUT2D eigenvalue weighted by molar-refractivity contribution is 5.95. The quantitative estimate of drug-likeness (QED) is 0.482. The first-order valence-electron chi connectivity index (χ1n) is 12.0. The maximum absolute atomic E-state index is 12.7. The van der Waals surface area contributed by atoms with Gasteiger partial charge in [-0.05, 0) is 50.6 Å². The van der Waals surface area contributed by atoms with E-state index in [4.69, 9.17) is 15.5 Å². The number of nitrogens with zero attached hydrogens (tertiary/aromatic N) is 3. The number of amides is 1. The van der Waals surface area contributed by atoms with Crippen LogP contribution in [0.15, 0.2) is 60.8 Å². The normalized spacial score (nSPS) is 14.4. The molecule has 1 aliphatic heterocycles. The van der Waals surface area contributed by atoms with Crippen molar-refractivity contribution in [3.63, 3.8) is 0 Å². The molecule has 8 heteroatoms. The molecule has 0 aliphatic carbocycles. The topological polar surface area (TPSA) is 110 Å². The molecule has 3 N–H and O–H groups in total. The zero-order valence-electron chi connectivity index (χ0n) is 19.9. The van der Waals surface area contributed by atoms with Crippen molar-refractivity contribution in [2.45, 2.75) is 32.9 Å². The van der Waals surface area contributed by atoms with Gasteiger partial charge in [0.15, 0.2) is 0 Å². The Morgan fingerprint density at radius 2 is 1.89 bits per heavy atom. The van der Waals surface area contributed by atoms with Gasteiger partial charge in [0.25, 0.3) is 5.91 Å². The van der Waals surface area contributed by atoms with Crippen molar-refractivity contribution in [3.05, 3.63) is 77.6 Å². The van der Waals surface area contributed by atoms with E-state index in [1.807, 2.05) is 55.5 Å². The lowest BCUT2D eigenvalue weighted by molar-refractivity contribution is -0.149. The lowest BCUT2D eigenvalue weighted by Gasteiger charge is -2.30. The van der Waals surface area contributed by atoms with Crippen LogP contribution in [0.2, 0.25) is 0 Å². The summed E-state index contributed by atoms with van der Waals surface area (Å²) in [5, 5.41) is 2.95. The Hall–Kier alpha value is -3.78. The fraction of sp³-hybridized carbons (Fsp3) is 0.333. The molecule has 0 spiro atoms. The molecule has 0 unspecified atom stereocenters. The standard InChI is InChI=1S/C27H31N5O3/c1-2-35-27(34)20-11-13-32(14-12-20)18-24-25(28)29-17-23(31-24)21-9-6-10-22(15-21)26(33)30-16-19-7-4-3-5-8-19/h3-10,15,17,20H,2,11-14,16,18H2,1H3,(H2,28,29)(H,30,33). The minimum absolute atomic E-state index is 0.0447. The number of hydrogen-bond acceptors (Lipinski definition) is 7. The van der Waals surface area contributed by atoms with E-state index in [1.54, 1.807) is 12.3 Å². The largest absolute Gasteiger partial charge is 0.466 e. The number of esters is 1. The summed E-state index contributed by atoms with van der Waals surface area (Å²) in [7, 11) is 0. The molecule has 0 radical (unpaired) electrons. The van der Waals surface area contributed by atoms with E-state index in [0.29, 0.717) is 42.5 Å².